The van der Waals surface area contributed by atoms with Gasteiger partial charge in [0.15, 0.2) is 0 Å². The number of fused-ring (bicyclic) bond motifs is 1. The molecule has 0 radical (unpaired) electrons. The lowest BCUT2D eigenvalue weighted by atomic mass is 10.1. The second-order valence-electron chi connectivity index (χ2n) is 6.97. The van der Waals surface area contributed by atoms with E-state index in [1.165, 1.54) is 23.0 Å². The van der Waals surface area contributed by atoms with E-state index in [2.05, 4.69) is 19.9 Å². The van der Waals surface area contributed by atoms with Gasteiger partial charge >= 0.3 is 6.18 Å². The Kier molecular flexibility index (Phi) is 5.24. The summed E-state index contributed by atoms with van der Waals surface area (Å²) in [5.41, 5.74) is 0.344. The summed E-state index contributed by atoms with van der Waals surface area (Å²) in [6.45, 7) is 1.59. The van der Waals surface area contributed by atoms with Gasteiger partial charge in [-0.3, -0.25) is 19.3 Å². The van der Waals surface area contributed by atoms with Gasteiger partial charge in [0.2, 0.25) is 0 Å². The molecule has 4 rings (SSSR count). The first-order chi connectivity index (χ1) is 14.7. The normalized spacial score (nSPS) is 12.8. The monoisotopic (exact) mass is 427 g/mol. The van der Waals surface area contributed by atoms with Crippen molar-refractivity contribution >= 4 is 10.9 Å². The first-order valence-electron chi connectivity index (χ1n) is 9.26. The van der Waals surface area contributed by atoms with Crippen LogP contribution in [0.25, 0.3) is 33.5 Å². The zero-order chi connectivity index (χ0) is 22.2. The molecule has 1 unspecified atom stereocenters. The smallest absolute Gasteiger partial charge is 0.392 e. The quantitative estimate of drug-likeness (QED) is 0.537. The Morgan fingerprint density at radius 2 is 1.94 bits per heavy atom. The van der Waals surface area contributed by atoms with Crippen LogP contribution in [0.5, 0.6) is 0 Å². The molecule has 158 valence electrons. The first-order valence-corrected chi connectivity index (χ1v) is 9.26. The molecule has 0 aromatic carbocycles. The zero-order valence-corrected chi connectivity index (χ0v) is 16.2. The van der Waals surface area contributed by atoms with Crippen LogP contribution >= 0.6 is 0 Å². The van der Waals surface area contributed by atoms with E-state index in [-0.39, 0.29) is 23.3 Å². The van der Waals surface area contributed by atoms with Gasteiger partial charge in [0, 0.05) is 24.2 Å². The highest BCUT2D eigenvalue weighted by Gasteiger charge is 2.30. The molecule has 0 amide bonds. The molecular formula is C21H16F3N5O2. The summed E-state index contributed by atoms with van der Waals surface area (Å²) in [5.74, 6) is 0. The van der Waals surface area contributed by atoms with E-state index in [0.717, 1.165) is 12.3 Å². The Morgan fingerprint density at radius 1 is 1.13 bits per heavy atom. The molecule has 0 spiro atoms. The molecule has 0 aliphatic rings. The van der Waals surface area contributed by atoms with E-state index in [9.17, 15) is 23.1 Å². The number of aliphatic hydroxyl groups is 1. The molecule has 4 heterocycles. The molecular weight excluding hydrogens is 411 g/mol. The molecule has 0 aliphatic heterocycles. The van der Waals surface area contributed by atoms with Crippen molar-refractivity contribution in [3.8, 4) is 22.6 Å². The lowest BCUT2D eigenvalue weighted by Crippen LogP contribution is -2.25. The van der Waals surface area contributed by atoms with E-state index in [1.807, 2.05) is 0 Å². The second kappa shape index (κ2) is 7.88. The first kappa shape index (κ1) is 20.6. The van der Waals surface area contributed by atoms with Gasteiger partial charge in [-0.2, -0.15) is 13.2 Å². The van der Waals surface area contributed by atoms with Crippen molar-refractivity contribution in [1.82, 2.24) is 24.5 Å². The van der Waals surface area contributed by atoms with Gasteiger partial charge in [-0.1, -0.05) is 0 Å². The minimum absolute atomic E-state index is 0.0419. The highest BCUT2D eigenvalue weighted by atomic mass is 19.4. The van der Waals surface area contributed by atoms with Crippen molar-refractivity contribution < 1.29 is 18.3 Å². The van der Waals surface area contributed by atoms with Crippen molar-refractivity contribution in [1.29, 1.82) is 0 Å². The van der Waals surface area contributed by atoms with Crippen LogP contribution in [0.15, 0.2) is 60.0 Å². The minimum Gasteiger partial charge on any atom is -0.392 e. The van der Waals surface area contributed by atoms with E-state index >= 15 is 0 Å². The molecule has 10 heteroatoms. The van der Waals surface area contributed by atoms with Gasteiger partial charge in [0.05, 0.1) is 47.0 Å². The van der Waals surface area contributed by atoms with Crippen LogP contribution in [-0.2, 0) is 12.7 Å². The van der Waals surface area contributed by atoms with Gasteiger partial charge in [0.1, 0.15) is 5.52 Å². The number of aromatic nitrogens is 5. The Labute approximate surface area is 173 Å². The molecule has 0 aliphatic carbocycles. The van der Waals surface area contributed by atoms with Gasteiger partial charge in [-0.25, -0.2) is 9.97 Å². The number of alkyl halides is 3. The molecule has 4 aromatic heterocycles. The number of pyridine rings is 3. The Bertz CT molecular complexity index is 1290. The Balaban J connectivity index is 1.95. The van der Waals surface area contributed by atoms with Gasteiger partial charge in [0.25, 0.3) is 5.56 Å². The van der Waals surface area contributed by atoms with Crippen LogP contribution in [0, 0.1) is 0 Å². The van der Waals surface area contributed by atoms with E-state index in [0.29, 0.717) is 16.8 Å². The summed E-state index contributed by atoms with van der Waals surface area (Å²) < 4.78 is 39.9. The van der Waals surface area contributed by atoms with Crippen LogP contribution < -0.4 is 5.56 Å². The standard InChI is InChI=1S/C21H16F3N5O2/c1-12(30)10-29-11-27-19-15(20(29)31)7-17(28-18(19)13-3-2-6-25-8-13)16-5-4-14(9-26-16)21(22,23)24/h2-9,11-12,30H,10H2,1H3. The fraction of sp³-hybridized carbons (Fsp3) is 0.190. The van der Waals surface area contributed by atoms with Crippen LogP contribution in [0.2, 0.25) is 0 Å². The largest absolute Gasteiger partial charge is 0.417 e. The third-order valence-corrected chi connectivity index (χ3v) is 4.56. The molecule has 7 nitrogen and oxygen atoms in total. The van der Waals surface area contributed by atoms with Gasteiger partial charge < -0.3 is 5.11 Å². The van der Waals surface area contributed by atoms with Crippen molar-refractivity contribution in [3.63, 3.8) is 0 Å². The SMILES string of the molecule is CC(O)Cn1cnc2c(-c3cccnc3)nc(-c3ccc(C(F)(F)F)cn3)cc2c1=O. The molecule has 31 heavy (non-hydrogen) atoms. The van der Waals surface area contributed by atoms with Crippen LogP contribution in [-0.4, -0.2) is 35.7 Å². The molecule has 4 aromatic rings. The van der Waals surface area contributed by atoms with Crippen molar-refractivity contribution in [2.24, 2.45) is 0 Å². The summed E-state index contributed by atoms with van der Waals surface area (Å²) in [6.07, 6.45) is -0.103. The number of rotatable bonds is 4. The number of hydrogen-bond acceptors (Lipinski definition) is 6. The van der Waals surface area contributed by atoms with E-state index < -0.39 is 23.4 Å². The number of halogens is 3. The summed E-state index contributed by atoms with van der Waals surface area (Å²) in [7, 11) is 0. The van der Waals surface area contributed by atoms with Gasteiger partial charge in [-0.05, 0) is 37.3 Å². The molecule has 0 bridgehead atoms. The van der Waals surface area contributed by atoms with Crippen molar-refractivity contribution in [3.05, 3.63) is 71.2 Å². The lowest BCUT2D eigenvalue weighted by molar-refractivity contribution is -0.137. The highest BCUT2D eigenvalue weighted by Crippen LogP contribution is 2.31. The predicted molar refractivity (Wildman–Crippen MR) is 107 cm³/mol. The molecule has 1 N–H and O–H groups in total. The van der Waals surface area contributed by atoms with Gasteiger partial charge in [-0.15, -0.1) is 0 Å². The fourth-order valence-corrected chi connectivity index (χ4v) is 3.13. The van der Waals surface area contributed by atoms with Crippen LogP contribution in [0.1, 0.15) is 12.5 Å². The number of aliphatic hydroxyl groups excluding tert-OH is 1. The maximum absolute atomic E-state index is 13.0. The van der Waals surface area contributed by atoms with Crippen LogP contribution in [0.4, 0.5) is 13.2 Å². The predicted octanol–water partition coefficient (Wildman–Crippen LogP) is 3.32. The maximum Gasteiger partial charge on any atom is 0.417 e. The maximum atomic E-state index is 13.0. The minimum atomic E-state index is -4.51. The second-order valence-corrected chi connectivity index (χ2v) is 6.97. The van der Waals surface area contributed by atoms with E-state index in [4.69, 9.17) is 0 Å². The molecule has 0 fully saturated rings. The topological polar surface area (TPSA) is 93.8 Å². The number of nitrogens with zero attached hydrogens (tertiary/aromatic N) is 5. The Morgan fingerprint density at radius 3 is 2.55 bits per heavy atom. The van der Waals surface area contributed by atoms with Crippen molar-refractivity contribution in [2.45, 2.75) is 25.7 Å². The van der Waals surface area contributed by atoms with E-state index in [1.54, 1.807) is 31.5 Å². The molecule has 1 atom stereocenters. The average molecular weight is 427 g/mol. The zero-order valence-electron chi connectivity index (χ0n) is 16.2. The third kappa shape index (κ3) is 4.15. The summed E-state index contributed by atoms with van der Waals surface area (Å²) >= 11 is 0. The Hall–Kier alpha value is -3.66. The molecule has 0 saturated carbocycles. The third-order valence-electron chi connectivity index (χ3n) is 4.56. The summed E-state index contributed by atoms with van der Waals surface area (Å²) in [6, 6.07) is 6.99. The summed E-state index contributed by atoms with van der Waals surface area (Å²) in [5, 5.41) is 9.85. The van der Waals surface area contributed by atoms with Crippen molar-refractivity contribution in [2.75, 3.05) is 0 Å². The molecule has 0 saturated heterocycles. The van der Waals surface area contributed by atoms with Crippen LogP contribution in [0.3, 0.4) is 0 Å². The number of hydrogen-bond donors (Lipinski definition) is 1. The lowest BCUT2D eigenvalue weighted by Gasteiger charge is -2.12. The average Bonchev–Trinajstić information content (AvgIpc) is 2.75. The highest BCUT2D eigenvalue weighted by molar-refractivity contribution is 5.93. The summed E-state index contributed by atoms with van der Waals surface area (Å²) in [4.78, 5) is 29.8. The fourth-order valence-electron chi connectivity index (χ4n) is 3.13.